The molecule has 5 nitrogen and oxygen atoms in total. The zero-order valence-corrected chi connectivity index (χ0v) is 12.3. The lowest BCUT2D eigenvalue weighted by atomic mass is 10.1. The maximum Gasteiger partial charge on any atom is 0.321 e. The Labute approximate surface area is 120 Å². The van der Waals surface area contributed by atoms with Crippen LogP contribution in [-0.4, -0.2) is 41.5 Å². The largest absolute Gasteiger partial charge is 0.480 e. The Morgan fingerprint density at radius 3 is 2.47 bits per heavy atom. The Morgan fingerprint density at radius 2 is 1.95 bits per heavy atom. The zero-order valence-electron chi connectivity index (χ0n) is 10.7. The fourth-order valence-electron chi connectivity index (χ4n) is 1.50. The van der Waals surface area contributed by atoms with Crippen molar-refractivity contribution in [2.75, 3.05) is 13.6 Å². The molecule has 1 atom stereocenters. The first kappa shape index (κ1) is 15.7. The van der Waals surface area contributed by atoms with Crippen molar-refractivity contribution in [1.29, 1.82) is 0 Å². The van der Waals surface area contributed by atoms with Crippen LogP contribution in [0.5, 0.6) is 0 Å². The predicted octanol–water partition coefficient (Wildman–Crippen LogP) is 1.25. The number of carboxylic acid groups (broad SMARTS) is 1. The Kier molecular flexibility index (Phi) is 5.98. The van der Waals surface area contributed by atoms with Crippen molar-refractivity contribution in [3.63, 3.8) is 0 Å². The minimum absolute atomic E-state index is 0.174. The summed E-state index contributed by atoms with van der Waals surface area (Å²) in [4.78, 5) is 23.8. The predicted molar refractivity (Wildman–Crippen MR) is 75.7 cm³/mol. The number of likely N-dealkylation sites (N-methyl/N-ethyl adjacent to an activating group) is 1. The number of rotatable bonds is 6. The van der Waals surface area contributed by atoms with Gasteiger partial charge in [-0.1, -0.05) is 28.1 Å². The van der Waals surface area contributed by atoms with Crippen LogP contribution in [-0.2, 0) is 16.0 Å². The number of aliphatic carboxylic acids is 1. The molecule has 0 bridgehead atoms. The third kappa shape index (κ3) is 5.40. The molecule has 0 aromatic heterocycles. The van der Waals surface area contributed by atoms with Crippen LogP contribution in [0.1, 0.15) is 12.0 Å². The molecular formula is C13H17BrN2O3. The fourth-order valence-corrected chi connectivity index (χ4v) is 1.77. The molecule has 0 saturated carbocycles. The first-order valence-electron chi connectivity index (χ1n) is 5.87. The van der Waals surface area contributed by atoms with Gasteiger partial charge in [0.05, 0.1) is 6.42 Å². The highest BCUT2D eigenvalue weighted by molar-refractivity contribution is 9.10. The normalized spacial score (nSPS) is 11.9. The number of hydrogen-bond donors (Lipinski definition) is 2. The van der Waals surface area contributed by atoms with Gasteiger partial charge in [-0.3, -0.25) is 9.59 Å². The van der Waals surface area contributed by atoms with Gasteiger partial charge in [-0.25, -0.2) is 0 Å². The summed E-state index contributed by atoms with van der Waals surface area (Å²) in [6.45, 7) is 0.535. The molecular weight excluding hydrogens is 312 g/mol. The van der Waals surface area contributed by atoms with Crippen LogP contribution in [0.4, 0.5) is 0 Å². The van der Waals surface area contributed by atoms with Crippen molar-refractivity contribution >= 4 is 27.8 Å². The summed E-state index contributed by atoms with van der Waals surface area (Å²) < 4.78 is 1.01. The van der Waals surface area contributed by atoms with Crippen molar-refractivity contribution in [3.05, 3.63) is 34.3 Å². The molecule has 0 heterocycles. The molecule has 1 unspecified atom stereocenters. The SMILES string of the molecule is CN(CCc1ccc(Br)cc1)C(=O)CC(N)C(=O)O. The number of carbonyl (C=O) groups excluding carboxylic acids is 1. The van der Waals surface area contributed by atoms with E-state index < -0.39 is 12.0 Å². The summed E-state index contributed by atoms with van der Waals surface area (Å²) in [6.07, 6.45) is 0.546. The highest BCUT2D eigenvalue weighted by Gasteiger charge is 2.18. The molecule has 1 rings (SSSR count). The molecule has 0 spiro atoms. The Balaban J connectivity index is 2.42. The van der Waals surface area contributed by atoms with Crippen LogP contribution in [0.3, 0.4) is 0 Å². The van der Waals surface area contributed by atoms with E-state index in [0.717, 1.165) is 16.5 Å². The Morgan fingerprint density at radius 1 is 1.37 bits per heavy atom. The molecule has 1 amide bonds. The van der Waals surface area contributed by atoms with E-state index in [1.54, 1.807) is 7.05 Å². The number of nitrogens with zero attached hydrogens (tertiary/aromatic N) is 1. The average Bonchev–Trinajstić information content (AvgIpc) is 2.37. The van der Waals surface area contributed by atoms with Gasteiger partial charge in [-0.2, -0.15) is 0 Å². The third-order valence-electron chi connectivity index (χ3n) is 2.79. The van der Waals surface area contributed by atoms with Gasteiger partial charge in [0.1, 0.15) is 6.04 Å². The van der Waals surface area contributed by atoms with E-state index in [2.05, 4.69) is 15.9 Å². The summed E-state index contributed by atoms with van der Waals surface area (Å²) in [5, 5.41) is 8.65. The number of benzene rings is 1. The smallest absolute Gasteiger partial charge is 0.321 e. The van der Waals surface area contributed by atoms with Gasteiger partial charge in [0, 0.05) is 18.1 Å². The van der Waals surface area contributed by atoms with Gasteiger partial charge in [0.2, 0.25) is 5.91 Å². The monoisotopic (exact) mass is 328 g/mol. The van der Waals surface area contributed by atoms with E-state index in [-0.39, 0.29) is 12.3 Å². The van der Waals surface area contributed by atoms with Crippen LogP contribution in [0, 0.1) is 0 Å². The van der Waals surface area contributed by atoms with Crippen molar-refractivity contribution in [1.82, 2.24) is 4.90 Å². The maximum absolute atomic E-state index is 11.7. The number of hydrogen-bond acceptors (Lipinski definition) is 3. The van der Waals surface area contributed by atoms with E-state index in [0.29, 0.717) is 6.54 Å². The zero-order chi connectivity index (χ0) is 14.4. The maximum atomic E-state index is 11.7. The second-order valence-corrected chi connectivity index (χ2v) is 5.26. The standard InChI is InChI=1S/C13H17BrN2O3/c1-16(12(17)8-11(15)13(18)19)7-6-9-2-4-10(14)5-3-9/h2-5,11H,6-8,15H2,1H3,(H,18,19). The number of carbonyl (C=O) groups is 2. The van der Waals surface area contributed by atoms with Gasteiger partial charge in [-0.05, 0) is 24.1 Å². The molecule has 1 aromatic rings. The van der Waals surface area contributed by atoms with Crippen molar-refractivity contribution in [2.24, 2.45) is 5.73 Å². The van der Waals surface area contributed by atoms with E-state index >= 15 is 0 Å². The molecule has 0 radical (unpaired) electrons. The summed E-state index contributed by atoms with van der Waals surface area (Å²) >= 11 is 3.36. The van der Waals surface area contributed by atoms with E-state index in [1.807, 2.05) is 24.3 Å². The highest BCUT2D eigenvalue weighted by Crippen LogP contribution is 2.11. The molecule has 1 aromatic carbocycles. The van der Waals surface area contributed by atoms with E-state index in [4.69, 9.17) is 10.8 Å². The van der Waals surface area contributed by atoms with Crippen LogP contribution in [0.25, 0.3) is 0 Å². The van der Waals surface area contributed by atoms with Crippen LogP contribution in [0.15, 0.2) is 28.7 Å². The molecule has 0 aliphatic rings. The van der Waals surface area contributed by atoms with Crippen molar-refractivity contribution in [3.8, 4) is 0 Å². The van der Waals surface area contributed by atoms with Crippen molar-refractivity contribution in [2.45, 2.75) is 18.9 Å². The first-order valence-corrected chi connectivity index (χ1v) is 6.66. The fraction of sp³-hybridized carbons (Fsp3) is 0.385. The van der Waals surface area contributed by atoms with Crippen LogP contribution < -0.4 is 5.73 Å². The number of carboxylic acids is 1. The molecule has 3 N–H and O–H groups in total. The van der Waals surface area contributed by atoms with Gasteiger partial charge in [-0.15, -0.1) is 0 Å². The van der Waals surface area contributed by atoms with E-state index in [1.165, 1.54) is 4.90 Å². The van der Waals surface area contributed by atoms with E-state index in [9.17, 15) is 9.59 Å². The molecule has 0 fully saturated rings. The highest BCUT2D eigenvalue weighted by atomic mass is 79.9. The third-order valence-corrected chi connectivity index (χ3v) is 3.32. The van der Waals surface area contributed by atoms with Crippen molar-refractivity contribution < 1.29 is 14.7 Å². The number of nitrogens with two attached hydrogens (primary N) is 1. The van der Waals surface area contributed by atoms with Crippen LogP contribution >= 0.6 is 15.9 Å². The first-order chi connectivity index (χ1) is 8.90. The average molecular weight is 329 g/mol. The molecule has 0 saturated heterocycles. The Hall–Kier alpha value is -1.40. The second kappa shape index (κ2) is 7.25. The summed E-state index contributed by atoms with van der Waals surface area (Å²) in [5.74, 6) is -1.42. The molecule has 104 valence electrons. The van der Waals surface area contributed by atoms with Crippen LogP contribution in [0.2, 0.25) is 0 Å². The number of halogens is 1. The quantitative estimate of drug-likeness (QED) is 0.823. The second-order valence-electron chi connectivity index (χ2n) is 4.34. The Bertz CT molecular complexity index is 448. The minimum atomic E-state index is -1.16. The lowest BCUT2D eigenvalue weighted by Gasteiger charge is -2.18. The van der Waals surface area contributed by atoms with Gasteiger partial charge in [0.25, 0.3) is 0 Å². The summed E-state index contributed by atoms with van der Waals surface area (Å²) in [5.41, 5.74) is 6.44. The van der Waals surface area contributed by atoms with Gasteiger partial charge < -0.3 is 15.7 Å². The molecule has 0 aliphatic carbocycles. The topological polar surface area (TPSA) is 83.6 Å². The molecule has 19 heavy (non-hydrogen) atoms. The lowest BCUT2D eigenvalue weighted by Crippen LogP contribution is -2.38. The minimum Gasteiger partial charge on any atom is -0.480 e. The summed E-state index contributed by atoms with van der Waals surface area (Å²) in [7, 11) is 1.65. The number of amides is 1. The lowest BCUT2D eigenvalue weighted by molar-refractivity contribution is -0.142. The molecule has 6 heteroatoms. The molecule has 0 aliphatic heterocycles. The summed E-state index contributed by atoms with van der Waals surface area (Å²) in [6, 6.07) is 6.70. The van der Waals surface area contributed by atoms with Gasteiger partial charge in [0.15, 0.2) is 0 Å². The van der Waals surface area contributed by atoms with Gasteiger partial charge >= 0.3 is 5.97 Å².